The number of sulfonamides is 1. The fourth-order valence-electron chi connectivity index (χ4n) is 2.11. The van der Waals surface area contributed by atoms with Crippen molar-refractivity contribution in [3.8, 4) is 0 Å². The van der Waals surface area contributed by atoms with E-state index in [1.54, 1.807) is 0 Å². The molecule has 1 aromatic rings. The molecule has 1 fully saturated rings. The third-order valence-electron chi connectivity index (χ3n) is 2.82. The van der Waals surface area contributed by atoms with Crippen LogP contribution in [0.3, 0.4) is 0 Å². The Bertz CT molecular complexity index is 601. The molecule has 4 nitrogen and oxygen atoms in total. The molecule has 0 aliphatic carbocycles. The van der Waals surface area contributed by atoms with Crippen LogP contribution in [-0.4, -0.2) is 25.7 Å². The molecule has 7 heteroatoms. The smallest absolute Gasteiger partial charge is 0.235 e. The van der Waals surface area contributed by atoms with Crippen LogP contribution in [-0.2, 0) is 10.0 Å². The van der Waals surface area contributed by atoms with Crippen molar-refractivity contribution in [2.75, 3.05) is 16.6 Å². The first-order valence-electron chi connectivity index (χ1n) is 5.41. The molecule has 0 aromatic heterocycles. The van der Waals surface area contributed by atoms with E-state index in [1.165, 1.54) is 22.5 Å². The Morgan fingerprint density at radius 1 is 1.56 bits per heavy atom. The van der Waals surface area contributed by atoms with E-state index < -0.39 is 15.8 Å². The summed E-state index contributed by atoms with van der Waals surface area (Å²) in [6.07, 6.45) is 0. The molecule has 2 rings (SSSR count). The lowest BCUT2D eigenvalue weighted by molar-refractivity contribution is 0.597. The van der Waals surface area contributed by atoms with Gasteiger partial charge in [0.1, 0.15) is 10.8 Å². The number of benzene rings is 1. The largest absolute Gasteiger partial charge is 0.389 e. The molecule has 18 heavy (non-hydrogen) atoms. The second-order valence-electron chi connectivity index (χ2n) is 4.41. The average Bonchev–Trinajstić information content (AvgIpc) is 2.50. The van der Waals surface area contributed by atoms with Crippen LogP contribution < -0.4 is 10.0 Å². The number of hydrogen-bond donors (Lipinski definition) is 1. The SMILES string of the molecule is CC1CN(c2cccc(F)c2C(N)=S)S(=O)(=O)C1. The van der Waals surface area contributed by atoms with Gasteiger partial charge in [0.15, 0.2) is 0 Å². The predicted octanol–water partition coefficient (Wildman–Crippen LogP) is 1.25. The second-order valence-corrected chi connectivity index (χ2v) is 6.79. The lowest BCUT2D eigenvalue weighted by Gasteiger charge is -2.20. The van der Waals surface area contributed by atoms with E-state index in [2.05, 4.69) is 0 Å². The third-order valence-corrected chi connectivity index (χ3v) is 5.03. The Labute approximate surface area is 111 Å². The van der Waals surface area contributed by atoms with Gasteiger partial charge in [-0.25, -0.2) is 12.8 Å². The van der Waals surface area contributed by atoms with E-state index in [4.69, 9.17) is 18.0 Å². The number of hydrogen-bond acceptors (Lipinski definition) is 3. The van der Waals surface area contributed by atoms with Crippen LogP contribution in [0.15, 0.2) is 18.2 Å². The van der Waals surface area contributed by atoms with Crippen molar-refractivity contribution < 1.29 is 12.8 Å². The van der Waals surface area contributed by atoms with Crippen LogP contribution in [0.1, 0.15) is 12.5 Å². The summed E-state index contributed by atoms with van der Waals surface area (Å²) in [6, 6.07) is 4.18. The molecule has 0 amide bonds. The third kappa shape index (κ3) is 2.20. The molecule has 1 unspecified atom stereocenters. The van der Waals surface area contributed by atoms with E-state index in [9.17, 15) is 12.8 Å². The fourth-order valence-corrected chi connectivity index (χ4v) is 4.25. The first-order chi connectivity index (χ1) is 8.33. The lowest BCUT2D eigenvalue weighted by atomic mass is 10.1. The van der Waals surface area contributed by atoms with Gasteiger partial charge in [0.25, 0.3) is 0 Å². The van der Waals surface area contributed by atoms with Crippen molar-refractivity contribution in [3.05, 3.63) is 29.6 Å². The number of rotatable bonds is 2. The maximum atomic E-state index is 13.7. The highest BCUT2D eigenvalue weighted by atomic mass is 32.2. The van der Waals surface area contributed by atoms with Crippen LogP contribution in [0.2, 0.25) is 0 Å². The van der Waals surface area contributed by atoms with Gasteiger partial charge in [-0.3, -0.25) is 4.31 Å². The van der Waals surface area contributed by atoms with E-state index in [0.717, 1.165) is 0 Å². The molecule has 0 bridgehead atoms. The number of nitrogens with zero attached hydrogens (tertiary/aromatic N) is 1. The van der Waals surface area contributed by atoms with Gasteiger partial charge in [-0.2, -0.15) is 0 Å². The van der Waals surface area contributed by atoms with Crippen molar-refractivity contribution >= 4 is 32.9 Å². The zero-order valence-corrected chi connectivity index (χ0v) is 11.4. The summed E-state index contributed by atoms with van der Waals surface area (Å²) in [5, 5.41) is 0. The molecule has 98 valence electrons. The van der Waals surface area contributed by atoms with E-state index >= 15 is 0 Å². The van der Waals surface area contributed by atoms with Gasteiger partial charge >= 0.3 is 0 Å². The Kier molecular flexibility index (Phi) is 3.29. The van der Waals surface area contributed by atoms with Gasteiger partial charge in [-0.05, 0) is 18.1 Å². The minimum absolute atomic E-state index is 0.00235. The van der Waals surface area contributed by atoms with Crippen LogP contribution >= 0.6 is 12.2 Å². The zero-order valence-electron chi connectivity index (χ0n) is 9.76. The standard InChI is InChI=1S/C11H13FN2O2S2/c1-7-5-14(18(15,16)6-7)9-4-2-3-8(12)10(9)11(13)17/h2-4,7H,5-6H2,1H3,(H2,13,17). The molecule has 0 radical (unpaired) electrons. The summed E-state index contributed by atoms with van der Waals surface area (Å²) in [7, 11) is -3.41. The van der Waals surface area contributed by atoms with Gasteiger partial charge in [0, 0.05) is 6.54 Å². The van der Waals surface area contributed by atoms with E-state index in [1.807, 2.05) is 6.92 Å². The quantitative estimate of drug-likeness (QED) is 0.832. The Morgan fingerprint density at radius 3 is 2.72 bits per heavy atom. The van der Waals surface area contributed by atoms with Gasteiger partial charge < -0.3 is 5.73 Å². The van der Waals surface area contributed by atoms with Gasteiger partial charge in [-0.15, -0.1) is 0 Å². The highest BCUT2D eigenvalue weighted by Crippen LogP contribution is 2.31. The van der Waals surface area contributed by atoms with Crippen molar-refractivity contribution in [2.24, 2.45) is 11.7 Å². The first kappa shape index (κ1) is 13.2. The number of halogens is 1. The van der Waals surface area contributed by atoms with E-state index in [0.29, 0.717) is 6.54 Å². The van der Waals surface area contributed by atoms with Crippen molar-refractivity contribution in [1.82, 2.24) is 0 Å². The van der Waals surface area contributed by atoms with Crippen molar-refractivity contribution in [3.63, 3.8) is 0 Å². The molecule has 0 spiro atoms. The van der Waals surface area contributed by atoms with Gasteiger partial charge in [-0.1, -0.05) is 25.2 Å². The predicted molar refractivity (Wildman–Crippen MR) is 72.6 cm³/mol. The summed E-state index contributed by atoms with van der Waals surface area (Å²) in [6.45, 7) is 2.15. The Balaban J connectivity index is 2.59. The molecular formula is C11H13FN2O2S2. The lowest BCUT2D eigenvalue weighted by Crippen LogP contribution is -2.28. The zero-order chi connectivity index (χ0) is 13.5. The molecular weight excluding hydrogens is 275 g/mol. The van der Waals surface area contributed by atoms with Gasteiger partial charge in [0.2, 0.25) is 10.0 Å². The van der Waals surface area contributed by atoms with Crippen LogP contribution in [0, 0.1) is 11.7 Å². The molecule has 1 atom stereocenters. The molecule has 1 aromatic carbocycles. The number of anilines is 1. The molecule has 1 aliphatic rings. The monoisotopic (exact) mass is 288 g/mol. The van der Waals surface area contributed by atoms with E-state index in [-0.39, 0.29) is 27.9 Å². The summed E-state index contributed by atoms with van der Waals surface area (Å²) >= 11 is 4.79. The van der Waals surface area contributed by atoms with Crippen LogP contribution in [0.25, 0.3) is 0 Å². The molecule has 1 heterocycles. The number of thiocarbonyl (C=S) groups is 1. The molecule has 0 saturated carbocycles. The molecule has 2 N–H and O–H groups in total. The Morgan fingerprint density at radius 2 is 2.22 bits per heavy atom. The van der Waals surface area contributed by atoms with Crippen molar-refractivity contribution in [2.45, 2.75) is 6.92 Å². The summed E-state index contributed by atoms with van der Waals surface area (Å²) in [5.41, 5.74) is 5.70. The minimum Gasteiger partial charge on any atom is -0.389 e. The average molecular weight is 288 g/mol. The normalized spacial score (nSPS) is 22.1. The summed E-state index contributed by atoms with van der Waals surface area (Å²) in [5.74, 6) is -0.549. The topological polar surface area (TPSA) is 63.4 Å². The maximum absolute atomic E-state index is 13.7. The highest BCUT2D eigenvalue weighted by Gasteiger charge is 2.35. The van der Waals surface area contributed by atoms with Crippen LogP contribution in [0.4, 0.5) is 10.1 Å². The molecule has 1 aliphatic heterocycles. The maximum Gasteiger partial charge on any atom is 0.235 e. The Hall–Kier alpha value is -1.21. The number of nitrogens with two attached hydrogens (primary N) is 1. The highest BCUT2D eigenvalue weighted by molar-refractivity contribution is 7.93. The van der Waals surface area contributed by atoms with Gasteiger partial charge in [0.05, 0.1) is 17.0 Å². The first-order valence-corrected chi connectivity index (χ1v) is 7.43. The van der Waals surface area contributed by atoms with Crippen molar-refractivity contribution in [1.29, 1.82) is 0 Å². The fraction of sp³-hybridized carbons (Fsp3) is 0.364. The molecule has 1 saturated heterocycles. The summed E-state index contributed by atoms with van der Waals surface area (Å²) in [4.78, 5) is -0.141. The summed E-state index contributed by atoms with van der Waals surface area (Å²) < 4.78 is 38.9. The van der Waals surface area contributed by atoms with Crippen LogP contribution in [0.5, 0.6) is 0 Å². The minimum atomic E-state index is -3.41. The second kappa shape index (κ2) is 4.47.